The van der Waals surface area contributed by atoms with Crippen molar-refractivity contribution in [3.8, 4) is 5.75 Å². The van der Waals surface area contributed by atoms with Gasteiger partial charge in [-0.15, -0.1) is 0 Å². The van der Waals surface area contributed by atoms with Gasteiger partial charge in [0.25, 0.3) is 0 Å². The summed E-state index contributed by atoms with van der Waals surface area (Å²) in [6.45, 7) is 4.50. The molecule has 4 heteroatoms. The number of amides is 1. The predicted molar refractivity (Wildman–Crippen MR) is 61.3 cm³/mol. The number of hydrogen-bond donors (Lipinski definition) is 2. The predicted octanol–water partition coefficient (Wildman–Crippen LogP) is 0.655. The third-order valence-electron chi connectivity index (χ3n) is 2.92. The summed E-state index contributed by atoms with van der Waals surface area (Å²) in [5.74, 6) is 1.07. The van der Waals surface area contributed by atoms with Gasteiger partial charge in [0.05, 0.1) is 0 Å². The van der Waals surface area contributed by atoms with E-state index in [4.69, 9.17) is 10.5 Å². The Bertz CT molecular complexity index is 415. The molecule has 86 valence electrons. The molecule has 1 aliphatic rings. The molecule has 2 rings (SSSR count). The highest BCUT2D eigenvalue weighted by molar-refractivity contribution is 5.73. The van der Waals surface area contributed by atoms with Crippen molar-refractivity contribution >= 4 is 17.3 Å². The van der Waals surface area contributed by atoms with Gasteiger partial charge in [0, 0.05) is 17.8 Å². The second kappa shape index (κ2) is 4.14. The van der Waals surface area contributed by atoms with E-state index in [9.17, 15) is 4.79 Å². The van der Waals surface area contributed by atoms with Crippen LogP contribution in [0.25, 0.3) is 0 Å². The first kappa shape index (κ1) is 11.0. The van der Waals surface area contributed by atoms with Crippen LogP contribution in [-0.4, -0.2) is 12.5 Å². The van der Waals surface area contributed by atoms with E-state index in [2.05, 4.69) is 0 Å². The van der Waals surface area contributed by atoms with Crippen molar-refractivity contribution in [3.05, 3.63) is 18.2 Å². The van der Waals surface area contributed by atoms with E-state index >= 15 is 0 Å². The Labute approximate surface area is 94.8 Å². The van der Waals surface area contributed by atoms with Crippen molar-refractivity contribution in [2.24, 2.45) is 11.8 Å². The highest BCUT2D eigenvalue weighted by Gasteiger charge is 2.31. The van der Waals surface area contributed by atoms with Gasteiger partial charge in [-0.3, -0.25) is 0 Å². The molecule has 1 unspecified atom stereocenters. The van der Waals surface area contributed by atoms with Crippen LogP contribution < -0.4 is 15.8 Å². The summed E-state index contributed by atoms with van der Waals surface area (Å²) in [5.41, 5.74) is 7.16. The molecule has 1 aliphatic heterocycles. The summed E-state index contributed by atoms with van der Waals surface area (Å²) in [7, 11) is 0. The molecule has 1 heterocycles. The standard InChI is InChI=1S/C12H16N2O2/c1-7(2)9-6-16-11-5-8(13)3-4-10(11)14-12(9)15/h3-5,7,9H,6,13H2,1-2H3,(H,14,15)/p+1. The van der Waals surface area contributed by atoms with E-state index in [1.807, 2.05) is 19.9 Å². The van der Waals surface area contributed by atoms with Crippen molar-refractivity contribution in [2.45, 2.75) is 13.8 Å². The number of quaternary nitrogens is 1. The van der Waals surface area contributed by atoms with Gasteiger partial charge >= 0.3 is 5.91 Å². The summed E-state index contributed by atoms with van der Waals surface area (Å²) in [5, 5.41) is 1.66. The Balaban J connectivity index is 2.29. The summed E-state index contributed by atoms with van der Waals surface area (Å²) >= 11 is 0. The maximum atomic E-state index is 11.9. The SMILES string of the molecule is CC(C)C1COc2cc(N)ccc2[NH2+]C1=O. The van der Waals surface area contributed by atoms with Crippen LogP contribution in [0.4, 0.5) is 11.4 Å². The number of hydrogen-bond acceptors (Lipinski definition) is 3. The largest absolute Gasteiger partial charge is 0.486 e. The van der Waals surface area contributed by atoms with E-state index in [0.29, 0.717) is 18.0 Å². The molecule has 1 amide bonds. The number of primary amides is 1. The molecule has 0 saturated heterocycles. The first-order valence-corrected chi connectivity index (χ1v) is 5.49. The van der Waals surface area contributed by atoms with Crippen molar-refractivity contribution in [2.75, 3.05) is 12.3 Å². The van der Waals surface area contributed by atoms with E-state index in [0.717, 1.165) is 5.69 Å². The normalized spacial score (nSPS) is 20.2. The number of carbonyl (C=O) groups excluding carboxylic acids is 1. The molecule has 0 radical (unpaired) electrons. The van der Waals surface area contributed by atoms with Crippen molar-refractivity contribution < 1.29 is 14.8 Å². The Morgan fingerprint density at radius 3 is 2.94 bits per heavy atom. The Hall–Kier alpha value is -1.55. The molecule has 0 spiro atoms. The molecule has 16 heavy (non-hydrogen) atoms. The smallest absolute Gasteiger partial charge is 0.322 e. The minimum atomic E-state index is -0.0615. The third-order valence-corrected chi connectivity index (χ3v) is 2.92. The fraction of sp³-hybridized carbons (Fsp3) is 0.417. The minimum absolute atomic E-state index is 0.0615. The van der Waals surface area contributed by atoms with Gasteiger partial charge in [0.2, 0.25) is 0 Å². The molecule has 0 aliphatic carbocycles. The molecular formula is C12H17N2O2+. The fourth-order valence-corrected chi connectivity index (χ4v) is 1.84. The van der Waals surface area contributed by atoms with Crippen LogP contribution in [0.5, 0.6) is 5.75 Å². The zero-order chi connectivity index (χ0) is 11.7. The molecular weight excluding hydrogens is 204 g/mol. The zero-order valence-electron chi connectivity index (χ0n) is 9.57. The Kier molecular flexibility index (Phi) is 2.83. The highest BCUT2D eigenvalue weighted by Crippen LogP contribution is 2.26. The lowest BCUT2D eigenvalue weighted by Gasteiger charge is -2.13. The zero-order valence-corrected chi connectivity index (χ0v) is 9.57. The molecule has 1 aromatic rings. The topological polar surface area (TPSA) is 68.9 Å². The maximum Gasteiger partial charge on any atom is 0.322 e. The summed E-state index contributed by atoms with van der Waals surface area (Å²) in [6.07, 6.45) is 0. The molecule has 1 aromatic carbocycles. The monoisotopic (exact) mass is 221 g/mol. The second-order valence-electron chi connectivity index (χ2n) is 4.51. The molecule has 0 aromatic heterocycles. The van der Waals surface area contributed by atoms with Crippen LogP contribution in [0.1, 0.15) is 13.8 Å². The number of nitrogens with two attached hydrogens (primary N) is 2. The maximum absolute atomic E-state index is 11.9. The highest BCUT2D eigenvalue weighted by atomic mass is 16.5. The van der Waals surface area contributed by atoms with Crippen molar-refractivity contribution in [3.63, 3.8) is 0 Å². The number of carbonyl (C=O) groups is 1. The van der Waals surface area contributed by atoms with Gasteiger partial charge in [-0.2, -0.15) is 0 Å². The average Bonchev–Trinajstić information content (AvgIpc) is 2.36. The van der Waals surface area contributed by atoms with Crippen molar-refractivity contribution in [1.29, 1.82) is 0 Å². The number of fused-ring (bicyclic) bond motifs is 1. The van der Waals surface area contributed by atoms with Gasteiger partial charge in [0.15, 0.2) is 11.4 Å². The molecule has 4 N–H and O–H groups in total. The third kappa shape index (κ3) is 2.02. The van der Waals surface area contributed by atoms with E-state index in [1.54, 1.807) is 17.4 Å². The number of nitrogen functional groups attached to an aromatic ring is 1. The first-order chi connectivity index (χ1) is 7.58. The van der Waals surface area contributed by atoms with E-state index in [-0.39, 0.29) is 17.7 Å². The molecule has 0 fully saturated rings. The second-order valence-corrected chi connectivity index (χ2v) is 4.51. The molecule has 0 bridgehead atoms. The first-order valence-electron chi connectivity index (χ1n) is 5.49. The van der Waals surface area contributed by atoms with Gasteiger partial charge in [-0.1, -0.05) is 13.8 Å². The Morgan fingerprint density at radius 2 is 2.25 bits per heavy atom. The van der Waals surface area contributed by atoms with Gasteiger partial charge < -0.3 is 10.5 Å². The van der Waals surface area contributed by atoms with Crippen LogP contribution in [-0.2, 0) is 4.79 Å². The number of benzene rings is 1. The van der Waals surface area contributed by atoms with Gasteiger partial charge in [0.1, 0.15) is 12.5 Å². The van der Waals surface area contributed by atoms with E-state index in [1.165, 1.54) is 0 Å². The van der Waals surface area contributed by atoms with Gasteiger partial charge in [-0.05, 0) is 12.0 Å². The van der Waals surface area contributed by atoms with Crippen LogP contribution in [0.3, 0.4) is 0 Å². The molecule has 0 saturated carbocycles. The lowest BCUT2D eigenvalue weighted by molar-refractivity contribution is -0.486. The van der Waals surface area contributed by atoms with Gasteiger partial charge in [-0.25, -0.2) is 10.1 Å². The lowest BCUT2D eigenvalue weighted by atomic mass is 9.96. The van der Waals surface area contributed by atoms with Crippen LogP contribution >= 0.6 is 0 Å². The Morgan fingerprint density at radius 1 is 1.50 bits per heavy atom. The summed E-state index contributed by atoms with van der Waals surface area (Å²) in [6, 6.07) is 5.37. The quantitative estimate of drug-likeness (QED) is 0.684. The number of ether oxygens (including phenoxy) is 1. The summed E-state index contributed by atoms with van der Waals surface area (Å²) < 4.78 is 5.64. The van der Waals surface area contributed by atoms with Crippen LogP contribution in [0.15, 0.2) is 18.2 Å². The van der Waals surface area contributed by atoms with Crippen LogP contribution in [0, 0.1) is 11.8 Å². The van der Waals surface area contributed by atoms with Crippen molar-refractivity contribution in [1.82, 2.24) is 0 Å². The fourth-order valence-electron chi connectivity index (χ4n) is 1.84. The number of anilines is 1. The average molecular weight is 221 g/mol. The number of rotatable bonds is 1. The van der Waals surface area contributed by atoms with E-state index < -0.39 is 0 Å². The molecule has 4 nitrogen and oxygen atoms in total. The lowest BCUT2D eigenvalue weighted by Crippen LogP contribution is -2.84. The summed E-state index contributed by atoms with van der Waals surface area (Å²) in [4.78, 5) is 11.9. The van der Waals surface area contributed by atoms with Crippen LogP contribution in [0.2, 0.25) is 0 Å². The minimum Gasteiger partial charge on any atom is -0.486 e. The molecule has 1 atom stereocenters.